The lowest BCUT2D eigenvalue weighted by molar-refractivity contribution is 0.0293. The highest BCUT2D eigenvalue weighted by atomic mass is 16.6. The zero-order valence-corrected chi connectivity index (χ0v) is 19.0. The van der Waals surface area contributed by atoms with Crippen molar-refractivity contribution < 1.29 is 23.8 Å². The summed E-state index contributed by atoms with van der Waals surface area (Å²) in [6.07, 6.45) is 4.57. The van der Waals surface area contributed by atoms with Gasteiger partial charge in [-0.2, -0.15) is 0 Å². The maximum absolute atomic E-state index is 12.7. The van der Waals surface area contributed by atoms with Gasteiger partial charge in [0.25, 0.3) is 0 Å². The largest absolute Gasteiger partial charge is 0.493 e. The van der Waals surface area contributed by atoms with Gasteiger partial charge in [-0.25, -0.2) is 4.79 Å². The van der Waals surface area contributed by atoms with E-state index in [0.29, 0.717) is 30.0 Å². The topological polar surface area (TPSA) is 65.1 Å². The molecule has 1 rings (SSSR count). The number of allylic oxidation sites excluding steroid dienone is 2. The highest BCUT2D eigenvalue weighted by Gasteiger charge is 2.19. The van der Waals surface area contributed by atoms with Crippen molar-refractivity contribution in [1.82, 2.24) is 4.90 Å². The van der Waals surface area contributed by atoms with E-state index in [1.54, 1.807) is 38.3 Å². The summed E-state index contributed by atoms with van der Waals surface area (Å²) in [5.74, 6) is 1.21. The lowest BCUT2D eigenvalue weighted by Crippen LogP contribution is -2.35. The number of nitrogens with zero attached hydrogens (tertiary/aromatic N) is 1. The molecule has 0 N–H and O–H groups in total. The van der Waals surface area contributed by atoms with Gasteiger partial charge in [0.2, 0.25) is 0 Å². The Morgan fingerprint density at radius 1 is 1.14 bits per heavy atom. The minimum absolute atomic E-state index is 0.0739. The minimum Gasteiger partial charge on any atom is -0.493 e. The minimum atomic E-state index is -0.514. The van der Waals surface area contributed by atoms with Crippen molar-refractivity contribution >= 4 is 11.9 Å². The summed E-state index contributed by atoms with van der Waals surface area (Å²) in [5.41, 5.74) is 1.01. The van der Waals surface area contributed by atoms with Crippen molar-refractivity contribution in [3.8, 4) is 11.5 Å². The van der Waals surface area contributed by atoms with Crippen LogP contribution in [-0.2, 0) is 11.2 Å². The number of aryl methyl sites for hydroxylation is 1. The molecule has 0 radical (unpaired) electrons. The van der Waals surface area contributed by atoms with Crippen molar-refractivity contribution in [2.75, 3.05) is 27.8 Å². The summed E-state index contributed by atoms with van der Waals surface area (Å²) in [7, 11) is 4.85. The number of rotatable bonds is 9. The molecule has 1 amide bonds. The number of ether oxygens (including phenoxy) is 3. The average Bonchev–Trinajstić information content (AvgIpc) is 2.67. The van der Waals surface area contributed by atoms with Gasteiger partial charge in [-0.15, -0.1) is 0 Å². The number of hydrogen-bond acceptors (Lipinski definition) is 5. The average molecular weight is 406 g/mol. The Bertz CT molecular complexity index is 734. The molecule has 6 nitrogen and oxygen atoms in total. The zero-order chi connectivity index (χ0) is 22.2. The van der Waals surface area contributed by atoms with Crippen LogP contribution in [0.3, 0.4) is 0 Å². The zero-order valence-electron chi connectivity index (χ0n) is 19.0. The van der Waals surface area contributed by atoms with Crippen LogP contribution in [0.5, 0.6) is 11.5 Å². The number of benzene rings is 1. The van der Waals surface area contributed by atoms with Crippen LogP contribution in [0.2, 0.25) is 0 Å². The quantitative estimate of drug-likeness (QED) is 0.432. The standard InChI is InChI=1S/C23H35NO5/c1-9-17-14-20(27-7)21(28-8)15-18(17)19(25)11-10-16(2)12-13-24(6)22(26)29-23(3,4)5/h10-11,14-16H,9,12-13H2,1-8H3. The SMILES string of the molecule is CCc1cc(OC)c(OC)cc1C(=O)C=CC(C)CCN(C)C(=O)OC(C)(C)C. The van der Waals surface area contributed by atoms with Crippen LogP contribution < -0.4 is 9.47 Å². The summed E-state index contributed by atoms with van der Waals surface area (Å²) in [6.45, 7) is 10.1. The maximum Gasteiger partial charge on any atom is 0.410 e. The number of ketones is 1. The Labute approximate surface area is 174 Å². The van der Waals surface area contributed by atoms with Crippen LogP contribution in [0.25, 0.3) is 0 Å². The molecule has 0 spiro atoms. The second-order valence-corrected chi connectivity index (χ2v) is 8.11. The monoisotopic (exact) mass is 405 g/mol. The van der Waals surface area contributed by atoms with Gasteiger partial charge in [0.1, 0.15) is 5.60 Å². The molecule has 29 heavy (non-hydrogen) atoms. The lowest BCUT2D eigenvalue weighted by atomic mass is 9.98. The van der Waals surface area contributed by atoms with Crippen LogP contribution in [0.4, 0.5) is 4.79 Å². The van der Waals surface area contributed by atoms with E-state index in [4.69, 9.17) is 14.2 Å². The van der Waals surface area contributed by atoms with Crippen LogP contribution in [-0.4, -0.2) is 50.2 Å². The summed E-state index contributed by atoms with van der Waals surface area (Å²) in [5, 5.41) is 0. The van der Waals surface area contributed by atoms with E-state index in [2.05, 4.69) is 0 Å². The second-order valence-electron chi connectivity index (χ2n) is 8.11. The molecule has 0 aromatic heterocycles. The van der Waals surface area contributed by atoms with Crippen molar-refractivity contribution in [1.29, 1.82) is 0 Å². The molecule has 0 heterocycles. The number of hydrogen-bond donors (Lipinski definition) is 0. The molecule has 6 heteroatoms. The van der Waals surface area contributed by atoms with Gasteiger partial charge >= 0.3 is 6.09 Å². The first-order valence-corrected chi connectivity index (χ1v) is 9.93. The Kier molecular flexibility index (Phi) is 9.21. The number of carbonyl (C=O) groups is 2. The Morgan fingerprint density at radius 2 is 1.72 bits per heavy atom. The van der Waals surface area contributed by atoms with E-state index in [1.165, 1.54) is 0 Å². The first-order chi connectivity index (χ1) is 13.5. The number of methoxy groups -OCH3 is 2. The molecule has 0 aliphatic heterocycles. The fourth-order valence-electron chi connectivity index (χ4n) is 2.71. The number of carbonyl (C=O) groups excluding carboxylic acids is 2. The van der Waals surface area contributed by atoms with Gasteiger partial charge in [0, 0.05) is 19.2 Å². The molecule has 1 aromatic carbocycles. The second kappa shape index (κ2) is 10.9. The predicted octanol–water partition coefficient (Wildman–Crippen LogP) is 4.90. The third-order valence-electron chi connectivity index (χ3n) is 4.46. The predicted molar refractivity (Wildman–Crippen MR) is 115 cm³/mol. The molecule has 0 bridgehead atoms. The van der Waals surface area contributed by atoms with Gasteiger partial charge in [0.15, 0.2) is 17.3 Å². The van der Waals surface area contributed by atoms with Gasteiger partial charge < -0.3 is 19.1 Å². The summed E-state index contributed by atoms with van der Waals surface area (Å²) in [4.78, 5) is 26.3. The molecule has 0 aliphatic carbocycles. The van der Waals surface area contributed by atoms with Crippen LogP contribution in [0, 0.1) is 5.92 Å². The molecule has 0 saturated carbocycles. The molecule has 1 aromatic rings. The molecule has 0 saturated heterocycles. The summed E-state index contributed by atoms with van der Waals surface area (Å²) in [6, 6.07) is 3.57. The molecule has 1 atom stereocenters. The van der Waals surface area contributed by atoms with E-state index >= 15 is 0 Å². The normalized spacial score (nSPS) is 12.6. The van der Waals surface area contributed by atoms with Crippen molar-refractivity contribution in [3.63, 3.8) is 0 Å². The molecule has 162 valence electrons. The van der Waals surface area contributed by atoms with E-state index < -0.39 is 5.60 Å². The van der Waals surface area contributed by atoms with Crippen LogP contribution in [0.15, 0.2) is 24.3 Å². The van der Waals surface area contributed by atoms with E-state index in [-0.39, 0.29) is 17.8 Å². The van der Waals surface area contributed by atoms with E-state index in [1.807, 2.05) is 46.8 Å². The Hall–Kier alpha value is -2.50. The number of amides is 1. The van der Waals surface area contributed by atoms with E-state index in [0.717, 1.165) is 12.0 Å². The highest BCUT2D eigenvalue weighted by molar-refractivity contribution is 6.06. The van der Waals surface area contributed by atoms with Gasteiger partial charge in [-0.1, -0.05) is 19.9 Å². The fourth-order valence-corrected chi connectivity index (χ4v) is 2.71. The first-order valence-electron chi connectivity index (χ1n) is 9.93. The molecule has 0 aliphatic rings. The fraction of sp³-hybridized carbons (Fsp3) is 0.565. The summed E-state index contributed by atoms with van der Waals surface area (Å²) >= 11 is 0. The lowest BCUT2D eigenvalue weighted by Gasteiger charge is -2.25. The van der Waals surface area contributed by atoms with Crippen LogP contribution in [0.1, 0.15) is 57.0 Å². The third kappa shape index (κ3) is 7.80. The molecule has 0 fully saturated rings. The Morgan fingerprint density at radius 3 is 2.24 bits per heavy atom. The highest BCUT2D eigenvalue weighted by Crippen LogP contribution is 2.31. The van der Waals surface area contributed by atoms with Crippen molar-refractivity contribution in [2.45, 2.75) is 53.1 Å². The van der Waals surface area contributed by atoms with E-state index in [9.17, 15) is 9.59 Å². The van der Waals surface area contributed by atoms with Crippen LogP contribution >= 0.6 is 0 Å². The van der Waals surface area contributed by atoms with Gasteiger partial charge in [-0.3, -0.25) is 4.79 Å². The third-order valence-corrected chi connectivity index (χ3v) is 4.46. The van der Waals surface area contributed by atoms with Crippen molar-refractivity contribution in [3.05, 3.63) is 35.4 Å². The van der Waals surface area contributed by atoms with Crippen molar-refractivity contribution in [2.24, 2.45) is 5.92 Å². The molecule has 1 unspecified atom stereocenters. The maximum atomic E-state index is 12.7. The first kappa shape index (κ1) is 24.5. The summed E-state index contributed by atoms with van der Waals surface area (Å²) < 4.78 is 16.0. The van der Waals surface area contributed by atoms with Gasteiger partial charge in [0.05, 0.1) is 14.2 Å². The Balaban J connectivity index is 2.75. The molecular formula is C23H35NO5. The van der Waals surface area contributed by atoms with Gasteiger partial charge in [-0.05, 0) is 63.3 Å². The molecular weight excluding hydrogens is 370 g/mol. The smallest absolute Gasteiger partial charge is 0.410 e.